The summed E-state index contributed by atoms with van der Waals surface area (Å²) in [6, 6.07) is 10.8. The van der Waals surface area contributed by atoms with Crippen molar-refractivity contribution in [3.05, 3.63) is 64.1 Å². The first kappa shape index (κ1) is 20.6. The molecule has 0 aliphatic carbocycles. The zero-order chi connectivity index (χ0) is 21.0. The van der Waals surface area contributed by atoms with E-state index in [0.717, 1.165) is 18.5 Å². The molecule has 1 fully saturated rings. The van der Waals surface area contributed by atoms with Gasteiger partial charge in [-0.15, -0.1) is 0 Å². The molecule has 0 saturated carbocycles. The highest BCUT2D eigenvalue weighted by Crippen LogP contribution is 2.18. The Morgan fingerprint density at radius 2 is 1.76 bits per heavy atom. The monoisotopic (exact) mass is 396 g/mol. The van der Waals surface area contributed by atoms with Crippen molar-refractivity contribution in [3.8, 4) is 0 Å². The smallest absolute Gasteiger partial charge is 0.263 e. The van der Waals surface area contributed by atoms with Crippen LogP contribution in [0.5, 0.6) is 0 Å². The number of likely N-dealkylation sites (tertiary alicyclic amines) is 1. The minimum Gasteiger partial charge on any atom is -0.378 e. The molecule has 29 heavy (non-hydrogen) atoms. The fraction of sp³-hybridized carbons (Fsp3) is 0.409. The van der Waals surface area contributed by atoms with E-state index in [9.17, 15) is 14.4 Å². The Balaban J connectivity index is 1.49. The third-order valence-corrected chi connectivity index (χ3v) is 5.45. The number of carbonyl (C=O) groups excluding carboxylic acids is 2. The van der Waals surface area contributed by atoms with Crippen molar-refractivity contribution >= 4 is 17.5 Å². The highest BCUT2D eigenvalue weighted by molar-refractivity contribution is 5.94. The van der Waals surface area contributed by atoms with E-state index in [1.807, 2.05) is 43.3 Å². The molecule has 1 aromatic carbocycles. The average molecular weight is 396 g/mol. The molecule has 0 radical (unpaired) electrons. The van der Waals surface area contributed by atoms with Crippen molar-refractivity contribution < 1.29 is 9.59 Å². The van der Waals surface area contributed by atoms with Gasteiger partial charge >= 0.3 is 0 Å². The Morgan fingerprint density at radius 1 is 1.10 bits per heavy atom. The molecular formula is C22H28N4O3. The number of pyridine rings is 1. The predicted molar refractivity (Wildman–Crippen MR) is 113 cm³/mol. The molecule has 1 N–H and O–H groups in total. The lowest BCUT2D eigenvalue weighted by Gasteiger charge is -2.32. The van der Waals surface area contributed by atoms with Gasteiger partial charge in [0.2, 0.25) is 0 Å². The van der Waals surface area contributed by atoms with E-state index in [4.69, 9.17) is 0 Å². The number of hydrogen-bond donors (Lipinski definition) is 1. The molecule has 3 rings (SSSR count). The average Bonchev–Trinajstić information content (AvgIpc) is 2.74. The van der Waals surface area contributed by atoms with Crippen LogP contribution in [0.25, 0.3) is 0 Å². The lowest BCUT2D eigenvalue weighted by molar-refractivity contribution is 0.0682. The molecular weight excluding hydrogens is 368 g/mol. The van der Waals surface area contributed by atoms with Crippen LogP contribution in [0.2, 0.25) is 0 Å². The molecule has 1 aliphatic rings. The number of aryl methyl sites for hydroxylation is 1. The number of aromatic nitrogens is 1. The van der Waals surface area contributed by atoms with E-state index >= 15 is 0 Å². The van der Waals surface area contributed by atoms with Gasteiger partial charge in [-0.3, -0.25) is 14.4 Å². The Hall–Kier alpha value is -3.09. The minimum atomic E-state index is -0.271. The Labute approximate surface area is 170 Å². The van der Waals surface area contributed by atoms with Crippen LogP contribution in [0.15, 0.2) is 47.4 Å². The van der Waals surface area contributed by atoms with Crippen molar-refractivity contribution in [2.75, 3.05) is 38.6 Å². The fourth-order valence-corrected chi connectivity index (χ4v) is 3.52. The van der Waals surface area contributed by atoms with Gasteiger partial charge in [-0.1, -0.05) is 0 Å². The number of rotatable bonds is 5. The summed E-state index contributed by atoms with van der Waals surface area (Å²) in [4.78, 5) is 40.9. The number of anilines is 1. The van der Waals surface area contributed by atoms with Crippen LogP contribution in [-0.2, 0) is 7.05 Å². The first-order valence-corrected chi connectivity index (χ1v) is 9.87. The largest absolute Gasteiger partial charge is 0.378 e. The van der Waals surface area contributed by atoms with E-state index in [1.165, 1.54) is 4.57 Å². The third kappa shape index (κ3) is 4.85. The van der Waals surface area contributed by atoms with Crippen molar-refractivity contribution in [2.45, 2.75) is 12.8 Å². The summed E-state index contributed by atoms with van der Waals surface area (Å²) in [6.07, 6.45) is 3.25. The molecule has 1 saturated heterocycles. The van der Waals surface area contributed by atoms with Gasteiger partial charge in [0, 0.05) is 58.2 Å². The molecule has 0 spiro atoms. The summed E-state index contributed by atoms with van der Waals surface area (Å²) in [5, 5.41) is 3.00. The highest BCUT2D eigenvalue weighted by atomic mass is 16.2. The van der Waals surface area contributed by atoms with Gasteiger partial charge in [-0.25, -0.2) is 0 Å². The van der Waals surface area contributed by atoms with Crippen LogP contribution >= 0.6 is 0 Å². The molecule has 2 heterocycles. The molecule has 7 nitrogen and oxygen atoms in total. The number of benzene rings is 1. The molecule has 0 unspecified atom stereocenters. The maximum Gasteiger partial charge on any atom is 0.263 e. The fourth-order valence-electron chi connectivity index (χ4n) is 3.52. The normalized spacial score (nSPS) is 14.5. The lowest BCUT2D eigenvalue weighted by Crippen LogP contribution is -2.43. The molecule has 2 amide bonds. The Kier molecular flexibility index (Phi) is 6.36. The molecule has 1 aliphatic heterocycles. The molecule has 0 bridgehead atoms. The van der Waals surface area contributed by atoms with E-state index < -0.39 is 0 Å². The number of nitrogens with one attached hydrogen (secondary N) is 1. The second kappa shape index (κ2) is 8.94. The Bertz CT molecular complexity index is 926. The molecule has 2 aromatic rings. The van der Waals surface area contributed by atoms with Gasteiger partial charge in [0.05, 0.1) is 0 Å². The number of hydrogen-bond acceptors (Lipinski definition) is 4. The van der Waals surface area contributed by atoms with Crippen LogP contribution in [0, 0.1) is 5.92 Å². The summed E-state index contributed by atoms with van der Waals surface area (Å²) in [7, 11) is 5.56. The first-order chi connectivity index (χ1) is 13.9. The quantitative estimate of drug-likeness (QED) is 0.835. The van der Waals surface area contributed by atoms with Crippen molar-refractivity contribution in [3.63, 3.8) is 0 Å². The van der Waals surface area contributed by atoms with E-state index in [1.54, 1.807) is 30.3 Å². The van der Waals surface area contributed by atoms with Gasteiger partial charge in [0.15, 0.2) is 0 Å². The maximum absolute atomic E-state index is 12.6. The molecule has 7 heteroatoms. The minimum absolute atomic E-state index is 0.0819. The van der Waals surface area contributed by atoms with Crippen LogP contribution in [0.1, 0.15) is 33.6 Å². The lowest BCUT2D eigenvalue weighted by atomic mass is 9.96. The summed E-state index contributed by atoms with van der Waals surface area (Å²) in [5.74, 6) is 0.0268. The van der Waals surface area contributed by atoms with Crippen LogP contribution in [0.4, 0.5) is 5.69 Å². The van der Waals surface area contributed by atoms with Crippen LogP contribution in [-0.4, -0.2) is 55.0 Å². The van der Waals surface area contributed by atoms with E-state index in [-0.39, 0.29) is 22.9 Å². The van der Waals surface area contributed by atoms with E-state index in [0.29, 0.717) is 31.1 Å². The standard InChI is InChI=1S/C22H28N4O3/c1-24(2)18-8-6-17(7-9-18)20(27)23-15-16-10-13-26(14-11-16)22(29)19-5-4-12-25(3)21(19)28/h4-9,12,16H,10-11,13-15H2,1-3H3,(H,23,27). The zero-order valence-corrected chi connectivity index (χ0v) is 17.2. The molecule has 154 valence electrons. The Morgan fingerprint density at radius 3 is 2.38 bits per heavy atom. The zero-order valence-electron chi connectivity index (χ0n) is 17.2. The summed E-state index contributed by atoms with van der Waals surface area (Å²) in [6.45, 7) is 1.77. The third-order valence-electron chi connectivity index (χ3n) is 5.45. The van der Waals surface area contributed by atoms with Crippen molar-refractivity contribution in [1.82, 2.24) is 14.8 Å². The second-order valence-electron chi connectivity index (χ2n) is 7.72. The summed E-state index contributed by atoms with van der Waals surface area (Å²) < 4.78 is 1.42. The second-order valence-corrected chi connectivity index (χ2v) is 7.72. The number of nitrogens with zero attached hydrogens (tertiary/aromatic N) is 3. The molecule has 1 aromatic heterocycles. The molecule has 0 atom stereocenters. The van der Waals surface area contributed by atoms with Gasteiger partial charge < -0.3 is 19.7 Å². The van der Waals surface area contributed by atoms with Gasteiger partial charge in [-0.2, -0.15) is 0 Å². The van der Waals surface area contributed by atoms with Gasteiger partial charge in [0.1, 0.15) is 5.56 Å². The topological polar surface area (TPSA) is 74.7 Å². The summed E-state index contributed by atoms with van der Waals surface area (Å²) >= 11 is 0. The van der Waals surface area contributed by atoms with Crippen molar-refractivity contribution in [2.24, 2.45) is 13.0 Å². The number of piperidine rings is 1. The predicted octanol–water partition coefficient (Wildman–Crippen LogP) is 1.73. The van der Waals surface area contributed by atoms with E-state index in [2.05, 4.69) is 5.32 Å². The summed E-state index contributed by atoms with van der Waals surface area (Å²) in [5.41, 5.74) is 1.63. The maximum atomic E-state index is 12.6. The highest BCUT2D eigenvalue weighted by Gasteiger charge is 2.25. The SMILES string of the molecule is CN(C)c1ccc(C(=O)NCC2CCN(C(=O)c3cccn(C)c3=O)CC2)cc1. The first-order valence-electron chi connectivity index (χ1n) is 9.87. The van der Waals surface area contributed by atoms with Gasteiger partial charge in [-0.05, 0) is 55.2 Å². The van der Waals surface area contributed by atoms with Crippen LogP contribution < -0.4 is 15.8 Å². The number of carbonyl (C=O) groups is 2. The van der Waals surface area contributed by atoms with Crippen LogP contribution in [0.3, 0.4) is 0 Å². The van der Waals surface area contributed by atoms with Gasteiger partial charge in [0.25, 0.3) is 17.4 Å². The van der Waals surface area contributed by atoms with Crippen molar-refractivity contribution in [1.29, 1.82) is 0 Å². The number of amides is 2.